The molecule has 0 spiro atoms. The number of likely N-dealkylation sites (N-methyl/N-ethyl adjacent to an activating group) is 1. The maximum atomic E-state index is 11.7. The van der Waals surface area contributed by atoms with E-state index in [1.54, 1.807) is 7.11 Å². The SMILES string of the molecule is CCNC(=O)CN1CCOC(c2noc(-c3ccc(OC)cc3)n2)C1. The van der Waals surface area contributed by atoms with Gasteiger partial charge in [-0.05, 0) is 31.2 Å². The zero-order valence-electron chi connectivity index (χ0n) is 14.4. The van der Waals surface area contributed by atoms with Gasteiger partial charge < -0.3 is 19.3 Å². The fourth-order valence-electron chi connectivity index (χ4n) is 2.68. The number of aromatic nitrogens is 2. The lowest BCUT2D eigenvalue weighted by molar-refractivity contribution is -0.124. The summed E-state index contributed by atoms with van der Waals surface area (Å²) in [5, 5.41) is 6.84. The van der Waals surface area contributed by atoms with Gasteiger partial charge in [-0.3, -0.25) is 9.69 Å². The van der Waals surface area contributed by atoms with Gasteiger partial charge in [-0.25, -0.2) is 0 Å². The van der Waals surface area contributed by atoms with E-state index in [1.165, 1.54) is 0 Å². The normalized spacial score (nSPS) is 18.1. The second-order valence-corrected chi connectivity index (χ2v) is 5.73. The number of hydrogen-bond acceptors (Lipinski definition) is 7. The molecule has 0 aliphatic carbocycles. The fraction of sp³-hybridized carbons (Fsp3) is 0.471. The lowest BCUT2D eigenvalue weighted by Gasteiger charge is -2.30. The molecule has 1 fully saturated rings. The Labute approximate surface area is 146 Å². The quantitative estimate of drug-likeness (QED) is 0.842. The first-order valence-corrected chi connectivity index (χ1v) is 8.28. The monoisotopic (exact) mass is 346 g/mol. The maximum absolute atomic E-state index is 11.7. The lowest BCUT2D eigenvalue weighted by Crippen LogP contribution is -2.44. The molecular formula is C17H22N4O4. The second kappa shape index (κ2) is 8.09. The number of amides is 1. The number of rotatable bonds is 6. The van der Waals surface area contributed by atoms with Crippen LogP contribution in [0.25, 0.3) is 11.5 Å². The van der Waals surface area contributed by atoms with Crippen molar-refractivity contribution in [2.75, 3.05) is 39.9 Å². The van der Waals surface area contributed by atoms with Gasteiger partial charge in [0.1, 0.15) is 11.9 Å². The summed E-state index contributed by atoms with van der Waals surface area (Å²) in [6.07, 6.45) is -0.307. The highest BCUT2D eigenvalue weighted by Gasteiger charge is 2.27. The minimum Gasteiger partial charge on any atom is -0.497 e. The highest BCUT2D eigenvalue weighted by molar-refractivity contribution is 5.77. The van der Waals surface area contributed by atoms with Gasteiger partial charge in [0.15, 0.2) is 0 Å². The summed E-state index contributed by atoms with van der Waals surface area (Å²) in [6, 6.07) is 7.40. The van der Waals surface area contributed by atoms with Crippen LogP contribution in [0.5, 0.6) is 5.75 Å². The molecule has 2 heterocycles. The van der Waals surface area contributed by atoms with Crippen molar-refractivity contribution < 1.29 is 18.8 Å². The van der Waals surface area contributed by atoms with E-state index in [2.05, 4.69) is 15.5 Å². The fourth-order valence-corrected chi connectivity index (χ4v) is 2.68. The summed E-state index contributed by atoms with van der Waals surface area (Å²) >= 11 is 0. The molecule has 134 valence electrons. The number of methoxy groups -OCH3 is 1. The first-order valence-electron chi connectivity index (χ1n) is 8.28. The third-order valence-electron chi connectivity index (χ3n) is 3.96. The molecule has 8 nitrogen and oxygen atoms in total. The van der Waals surface area contributed by atoms with Crippen LogP contribution in [0.3, 0.4) is 0 Å². The van der Waals surface area contributed by atoms with E-state index in [4.69, 9.17) is 14.0 Å². The van der Waals surface area contributed by atoms with Crippen LogP contribution in [-0.4, -0.2) is 60.8 Å². The molecule has 0 bridgehead atoms. The van der Waals surface area contributed by atoms with Gasteiger partial charge in [0.2, 0.25) is 11.7 Å². The Kier molecular flexibility index (Phi) is 5.62. The molecule has 0 saturated carbocycles. The van der Waals surface area contributed by atoms with Crippen LogP contribution in [-0.2, 0) is 9.53 Å². The summed E-state index contributed by atoms with van der Waals surface area (Å²) in [6.45, 7) is 4.66. The van der Waals surface area contributed by atoms with E-state index in [0.717, 1.165) is 11.3 Å². The van der Waals surface area contributed by atoms with E-state index in [9.17, 15) is 4.79 Å². The topological polar surface area (TPSA) is 89.7 Å². The number of carbonyl (C=O) groups is 1. The molecule has 1 aliphatic heterocycles. The molecular weight excluding hydrogens is 324 g/mol. The molecule has 1 aromatic heterocycles. The molecule has 25 heavy (non-hydrogen) atoms. The predicted molar refractivity (Wildman–Crippen MR) is 90.1 cm³/mol. The number of ether oxygens (including phenoxy) is 2. The average molecular weight is 346 g/mol. The minimum atomic E-state index is -0.307. The van der Waals surface area contributed by atoms with Crippen LogP contribution in [0, 0.1) is 0 Å². The van der Waals surface area contributed by atoms with Crippen molar-refractivity contribution in [2.24, 2.45) is 0 Å². The molecule has 1 amide bonds. The van der Waals surface area contributed by atoms with Crippen LogP contribution < -0.4 is 10.1 Å². The largest absolute Gasteiger partial charge is 0.497 e. The molecule has 3 rings (SSSR count). The van der Waals surface area contributed by atoms with Crippen LogP contribution in [0.15, 0.2) is 28.8 Å². The summed E-state index contributed by atoms with van der Waals surface area (Å²) in [4.78, 5) is 18.2. The Morgan fingerprint density at radius 2 is 2.20 bits per heavy atom. The molecule has 1 saturated heterocycles. The third-order valence-corrected chi connectivity index (χ3v) is 3.96. The predicted octanol–water partition coefficient (Wildman–Crippen LogP) is 1.25. The molecule has 1 aliphatic rings. The summed E-state index contributed by atoms with van der Waals surface area (Å²) in [7, 11) is 1.62. The average Bonchev–Trinajstić information content (AvgIpc) is 3.12. The molecule has 2 aromatic rings. The summed E-state index contributed by atoms with van der Waals surface area (Å²) < 4.78 is 16.2. The Bertz CT molecular complexity index is 701. The standard InChI is InChI=1S/C17H22N4O4/c1-3-18-15(22)11-21-8-9-24-14(10-21)16-19-17(25-20-16)12-4-6-13(23-2)7-5-12/h4-7,14H,3,8-11H2,1-2H3,(H,18,22). The number of hydrogen-bond donors (Lipinski definition) is 1. The zero-order chi connectivity index (χ0) is 17.6. The van der Waals surface area contributed by atoms with Crippen molar-refractivity contribution in [3.05, 3.63) is 30.1 Å². The van der Waals surface area contributed by atoms with Gasteiger partial charge in [0.25, 0.3) is 5.89 Å². The number of morpholine rings is 1. The molecule has 1 unspecified atom stereocenters. The number of nitrogens with zero attached hydrogens (tertiary/aromatic N) is 3. The van der Waals surface area contributed by atoms with Crippen LogP contribution in [0.1, 0.15) is 18.9 Å². The van der Waals surface area contributed by atoms with E-state index >= 15 is 0 Å². The van der Waals surface area contributed by atoms with Gasteiger partial charge >= 0.3 is 0 Å². The Morgan fingerprint density at radius 3 is 2.92 bits per heavy atom. The van der Waals surface area contributed by atoms with E-state index in [-0.39, 0.29) is 12.0 Å². The molecule has 1 aromatic carbocycles. The van der Waals surface area contributed by atoms with E-state index in [0.29, 0.717) is 44.5 Å². The lowest BCUT2D eigenvalue weighted by atomic mass is 10.2. The van der Waals surface area contributed by atoms with Crippen molar-refractivity contribution >= 4 is 5.91 Å². The first kappa shape index (κ1) is 17.4. The Balaban J connectivity index is 1.65. The van der Waals surface area contributed by atoms with Gasteiger partial charge in [-0.15, -0.1) is 0 Å². The molecule has 8 heteroatoms. The van der Waals surface area contributed by atoms with Gasteiger partial charge in [0.05, 0.1) is 20.3 Å². The maximum Gasteiger partial charge on any atom is 0.258 e. The van der Waals surface area contributed by atoms with Crippen molar-refractivity contribution in [1.82, 2.24) is 20.4 Å². The van der Waals surface area contributed by atoms with E-state index in [1.807, 2.05) is 36.1 Å². The van der Waals surface area contributed by atoms with Gasteiger partial charge in [0, 0.05) is 25.2 Å². The van der Waals surface area contributed by atoms with Crippen LogP contribution in [0.4, 0.5) is 0 Å². The van der Waals surface area contributed by atoms with Crippen molar-refractivity contribution in [3.8, 4) is 17.2 Å². The van der Waals surface area contributed by atoms with Crippen LogP contribution >= 0.6 is 0 Å². The van der Waals surface area contributed by atoms with Crippen LogP contribution in [0.2, 0.25) is 0 Å². The number of nitrogens with one attached hydrogen (secondary N) is 1. The second-order valence-electron chi connectivity index (χ2n) is 5.73. The van der Waals surface area contributed by atoms with Crippen molar-refractivity contribution in [1.29, 1.82) is 0 Å². The number of carbonyl (C=O) groups excluding carboxylic acids is 1. The first-order chi connectivity index (χ1) is 12.2. The summed E-state index contributed by atoms with van der Waals surface area (Å²) in [5.41, 5.74) is 0.814. The van der Waals surface area contributed by atoms with Crippen molar-refractivity contribution in [2.45, 2.75) is 13.0 Å². The van der Waals surface area contributed by atoms with Gasteiger partial charge in [-0.2, -0.15) is 4.98 Å². The zero-order valence-corrected chi connectivity index (χ0v) is 14.4. The molecule has 1 atom stereocenters. The highest BCUT2D eigenvalue weighted by atomic mass is 16.5. The third kappa shape index (κ3) is 4.34. The smallest absolute Gasteiger partial charge is 0.258 e. The highest BCUT2D eigenvalue weighted by Crippen LogP contribution is 2.25. The summed E-state index contributed by atoms with van der Waals surface area (Å²) in [5.74, 6) is 1.70. The Hall–Kier alpha value is -2.45. The minimum absolute atomic E-state index is 0.00943. The van der Waals surface area contributed by atoms with E-state index < -0.39 is 0 Å². The molecule has 1 N–H and O–H groups in total. The van der Waals surface area contributed by atoms with Crippen molar-refractivity contribution in [3.63, 3.8) is 0 Å². The Morgan fingerprint density at radius 1 is 1.40 bits per heavy atom. The van der Waals surface area contributed by atoms with Gasteiger partial charge in [-0.1, -0.05) is 5.16 Å². The number of benzene rings is 1. The molecule has 0 radical (unpaired) electrons.